The number of nitrogens with one attached hydrogen (secondary N) is 2. The van der Waals surface area contributed by atoms with Gasteiger partial charge in [0.25, 0.3) is 0 Å². The number of benzene rings is 1. The summed E-state index contributed by atoms with van der Waals surface area (Å²) in [4.78, 5) is 12.1. The van der Waals surface area contributed by atoms with Crippen LogP contribution >= 0.6 is 12.2 Å². The van der Waals surface area contributed by atoms with E-state index in [0.717, 1.165) is 12.1 Å². The maximum Gasteiger partial charge on any atom is 0.338 e. The Labute approximate surface area is 126 Å². The first-order valence-corrected chi connectivity index (χ1v) is 6.75. The molecule has 1 aromatic carbocycles. The lowest BCUT2D eigenvalue weighted by Crippen LogP contribution is -2.45. The molecule has 1 unspecified atom stereocenters. The summed E-state index contributed by atoms with van der Waals surface area (Å²) in [7, 11) is 0. The monoisotopic (exact) mass is 312 g/mol. The fourth-order valence-corrected chi connectivity index (χ4v) is 2.41. The second-order valence-electron chi connectivity index (χ2n) is 4.46. The van der Waals surface area contributed by atoms with Crippen LogP contribution in [0.1, 0.15) is 25.5 Å². The van der Waals surface area contributed by atoms with E-state index in [2.05, 4.69) is 10.6 Å². The lowest BCUT2D eigenvalue weighted by Gasteiger charge is -2.30. The Bertz CT molecular complexity index is 631. The van der Waals surface area contributed by atoms with Crippen LogP contribution in [0, 0.1) is 11.6 Å². The molecule has 0 amide bonds. The van der Waals surface area contributed by atoms with E-state index in [9.17, 15) is 13.6 Å². The van der Waals surface area contributed by atoms with Gasteiger partial charge in [-0.1, -0.05) is 6.07 Å². The van der Waals surface area contributed by atoms with Crippen LogP contribution in [-0.4, -0.2) is 17.7 Å². The summed E-state index contributed by atoms with van der Waals surface area (Å²) < 4.78 is 32.0. The SMILES string of the molecule is CCOC(=O)C1=C(C)NC(=S)NC1c1ccc(F)cc1F. The number of halogens is 2. The van der Waals surface area contributed by atoms with Gasteiger partial charge in [0, 0.05) is 17.3 Å². The van der Waals surface area contributed by atoms with Crippen LogP contribution in [0.25, 0.3) is 0 Å². The van der Waals surface area contributed by atoms with Gasteiger partial charge in [-0.25, -0.2) is 13.6 Å². The van der Waals surface area contributed by atoms with Crippen LogP contribution in [0.4, 0.5) is 8.78 Å². The van der Waals surface area contributed by atoms with Crippen molar-refractivity contribution in [2.75, 3.05) is 6.61 Å². The first kappa shape index (κ1) is 15.4. The van der Waals surface area contributed by atoms with Crippen LogP contribution in [0.5, 0.6) is 0 Å². The number of hydrogen-bond donors (Lipinski definition) is 2. The van der Waals surface area contributed by atoms with Crippen LogP contribution < -0.4 is 10.6 Å². The molecule has 4 nitrogen and oxygen atoms in total. The van der Waals surface area contributed by atoms with Crippen molar-refractivity contribution in [2.45, 2.75) is 19.9 Å². The first-order chi connectivity index (χ1) is 9.93. The Balaban J connectivity index is 2.49. The molecule has 0 saturated carbocycles. The molecule has 0 bridgehead atoms. The van der Waals surface area contributed by atoms with Crippen molar-refractivity contribution >= 4 is 23.3 Å². The molecule has 1 aromatic rings. The normalized spacial score (nSPS) is 18.1. The number of esters is 1. The molecule has 1 aliphatic heterocycles. The fraction of sp³-hybridized carbons (Fsp3) is 0.286. The third-order valence-corrected chi connectivity index (χ3v) is 3.26. The average Bonchev–Trinajstić information content (AvgIpc) is 2.37. The van der Waals surface area contributed by atoms with E-state index in [1.54, 1.807) is 13.8 Å². The Kier molecular flexibility index (Phi) is 4.52. The van der Waals surface area contributed by atoms with Crippen molar-refractivity contribution in [1.29, 1.82) is 0 Å². The van der Waals surface area contributed by atoms with Crippen LogP contribution in [-0.2, 0) is 9.53 Å². The Morgan fingerprint density at radius 3 is 2.76 bits per heavy atom. The van der Waals surface area contributed by atoms with Crippen LogP contribution in [0.3, 0.4) is 0 Å². The summed E-state index contributed by atoms with van der Waals surface area (Å²) in [6.45, 7) is 3.52. The Morgan fingerprint density at radius 2 is 2.14 bits per heavy atom. The van der Waals surface area contributed by atoms with E-state index in [4.69, 9.17) is 17.0 Å². The molecular weight excluding hydrogens is 298 g/mol. The van der Waals surface area contributed by atoms with Crippen LogP contribution in [0.2, 0.25) is 0 Å². The summed E-state index contributed by atoms with van der Waals surface area (Å²) in [6, 6.07) is 2.35. The van der Waals surface area contributed by atoms with Crippen LogP contribution in [0.15, 0.2) is 29.5 Å². The molecule has 112 valence electrons. The molecule has 2 N–H and O–H groups in total. The fourth-order valence-electron chi connectivity index (χ4n) is 2.14. The molecule has 0 aliphatic carbocycles. The number of thiocarbonyl (C=S) groups is 1. The third-order valence-electron chi connectivity index (χ3n) is 3.04. The molecule has 0 fully saturated rings. The highest BCUT2D eigenvalue weighted by Gasteiger charge is 2.32. The Morgan fingerprint density at radius 1 is 1.43 bits per heavy atom. The van der Waals surface area contributed by atoms with Crippen molar-refractivity contribution in [3.05, 3.63) is 46.7 Å². The molecule has 1 heterocycles. The average molecular weight is 312 g/mol. The maximum atomic E-state index is 14.0. The number of carbonyl (C=O) groups is 1. The zero-order valence-corrected chi connectivity index (χ0v) is 12.3. The predicted molar refractivity (Wildman–Crippen MR) is 77.3 cm³/mol. The van der Waals surface area contributed by atoms with Gasteiger partial charge in [-0.3, -0.25) is 0 Å². The lowest BCUT2D eigenvalue weighted by atomic mass is 9.95. The van der Waals surface area contributed by atoms with Gasteiger partial charge in [0.1, 0.15) is 11.6 Å². The highest BCUT2D eigenvalue weighted by Crippen LogP contribution is 2.29. The first-order valence-electron chi connectivity index (χ1n) is 6.34. The van der Waals surface area contributed by atoms with Crippen molar-refractivity contribution in [2.24, 2.45) is 0 Å². The predicted octanol–water partition coefficient (Wildman–Crippen LogP) is 2.32. The van der Waals surface area contributed by atoms with Gasteiger partial charge >= 0.3 is 5.97 Å². The highest BCUT2D eigenvalue weighted by atomic mass is 32.1. The summed E-state index contributed by atoms with van der Waals surface area (Å²) in [5, 5.41) is 5.87. The smallest absolute Gasteiger partial charge is 0.338 e. The second kappa shape index (κ2) is 6.17. The largest absolute Gasteiger partial charge is 0.463 e. The number of rotatable bonds is 3. The standard InChI is InChI=1S/C14H14F2N2O2S/c1-3-20-13(19)11-7(2)17-14(21)18-12(11)9-5-4-8(15)6-10(9)16/h4-6,12H,3H2,1-2H3,(H2,17,18,21). The lowest BCUT2D eigenvalue weighted by molar-refractivity contribution is -0.139. The quantitative estimate of drug-likeness (QED) is 0.663. The van der Waals surface area contributed by atoms with E-state index in [1.807, 2.05) is 0 Å². The molecule has 7 heteroatoms. The molecule has 1 aliphatic rings. The summed E-state index contributed by atoms with van der Waals surface area (Å²) in [5.41, 5.74) is 0.824. The van der Waals surface area contributed by atoms with E-state index in [-0.39, 0.29) is 22.9 Å². The minimum absolute atomic E-state index is 0.127. The van der Waals surface area contributed by atoms with Crippen molar-refractivity contribution in [1.82, 2.24) is 10.6 Å². The van der Waals surface area contributed by atoms with Gasteiger partial charge in [0.15, 0.2) is 5.11 Å². The number of carbonyl (C=O) groups excluding carboxylic acids is 1. The van der Waals surface area contributed by atoms with Gasteiger partial charge in [-0.15, -0.1) is 0 Å². The molecule has 0 aromatic heterocycles. The molecular formula is C14H14F2N2O2S. The summed E-state index contributed by atoms with van der Waals surface area (Å²) >= 11 is 5.03. The zero-order valence-electron chi connectivity index (χ0n) is 11.5. The minimum atomic E-state index is -0.821. The molecule has 2 rings (SSSR count). The van der Waals surface area contributed by atoms with Gasteiger partial charge < -0.3 is 15.4 Å². The maximum absolute atomic E-state index is 14.0. The van der Waals surface area contributed by atoms with E-state index in [1.165, 1.54) is 6.07 Å². The number of ether oxygens (including phenoxy) is 1. The number of hydrogen-bond acceptors (Lipinski definition) is 3. The van der Waals surface area contributed by atoms with E-state index < -0.39 is 23.6 Å². The second-order valence-corrected chi connectivity index (χ2v) is 4.86. The molecule has 0 radical (unpaired) electrons. The summed E-state index contributed by atoms with van der Waals surface area (Å²) in [6.07, 6.45) is 0. The molecule has 0 saturated heterocycles. The highest BCUT2D eigenvalue weighted by molar-refractivity contribution is 7.80. The molecule has 1 atom stereocenters. The zero-order chi connectivity index (χ0) is 15.6. The number of allylic oxidation sites excluding steroid dienone is 1. The molecule has 0 spiro atoms. The minimum Gasteiger partial charge on any atom is -0.463 e. The van der Waals surface area contributed by atoms with E-state index >= 15 is 0 Å². The third kappa shape index (κ3) is 3.18. The van der Waals surface area contributed by atoms with Crippen molar-refractivity contribution in [3.63, 3.8) is 0 Å². The van der Waals surface area contributed by atoms with Crippen molar-refractivity contribution < 1.29 is 18.3 Å². The molecule has 21 heavy (non-hydrogen) atoms. The van der Waals surface area contributed by atoms with Gasteiger partial charge in [0.2, 0.25) is 0 Å². The van der Waals surface area contributed by atoms with Gasteiger partial charge in [-0.2, -0.15) is 0 Å². The summed E-state index contributed by atoms with van der Waals surface area (Å²) in [5.74, 6) is -2.02. The Hall–Kier alpha value is -2.02. The van der Waals surface area contributed by atoms with Crippen molar-refractivity contribution in [3.8, 4) is 0 Å². The van der Waals surface area contributed by atoms with Gasteiger partial charge in [-0.05, 0) is 32.1 Å². The van der Waals surface area contributed by atoms with Gasteiger partial charge in [0.05, 0.1) is 18.2 Å². The van der Waals surface area contributed by atoms with E-state index in [0.29, 0.717) is 5.70 Å². The topological polar surface area (TPSA) is 50.4 Å².